The molecule has 0 unspecified atom stereocenters. The van der Waals surface area contributed by atoms with Gasteiger partial charge in [-0.3, -0.25) is 10.1 Å². The lowest BCUT2D eigenvalue weighted by Gasteiger charge is -2.36. The predicted octanol–water partition coefficient (Wildman–Crippen LogP) is 2.04. The Morgan fingerprint density at radius 2 is 2.19 bits per heavy atom. The first-order chi connectivity index (χ1) is 9.84. The molecule has 2 heterocycles. The fourth-order valence-electron chi connectivity index (χ4n) is 2.43. The number of nitrogens with zero attached hydrogens (tertiary/aromatic N) is 3. The molecule has 1 aliphatic rings. The molecule has 0 aliphatic carbocycles. The van der Waals surface area contributed by atoms with Crippen molar-refractivity contribution in [1.82, 2.24) is 4.98 Å². The van der Waals surface area contributed by atoms with Crippen LogP contribution in [0.25, 0.3) is 0 Å². The molecule has 1 N–H and O–H groups in total. The summed E-state index contributed by atoms with van der Waals surface area (Å²) in [5.41, 5.74) is -0.316. The quantitative estimate of drug-likeness (QED) is 0.653. The van der Waals surface area contributed by atoms with Crippen LogP contribution in [-0.4, -0.2) is 47.4 Å². The number of aliphatic hydroxyl groups is 1. The zero-order valence-corrected chi connectivity index (χ0v) is 13.6. The molecule has 0 atom stereocenters. The third-order valence-corrected chi connectivity index (χ3v) is 4.68. The zero-order chi connectivity index (χ0) is 15.6. The van der Waals surface area contributed by atoms with Crippen LogP contribution in [0, 0.1) is 17.0 Å². The molecule has 2 rings (SSSR count). The van der Waals surface area contributed by atoms with Gasteiger partial charge in [0.1, 0.15) is 12.0 Å². The van der Waals surface area contributed by atoms with Crippen LogP contribution in [0.15, 0.2) is 10.7 Å². The Bertz CT molecular complexity index is 546. The Balaban J connectivity index is 2.21. The highest BCUT2D eigenvalue weighted by atomic mass is 79.9. The van der Waals surface area contributed by atoms with Crippen LogP contribution in [0.4, 0.5) is 11.5 Å². The van der Waals surface area contributed by atoms with E-state index in [1.165, 1.54) is 6.20 Å². The fourth-order valence-corrected chi connectivity index (χ4v) is 3.04. The monoisotopic (exact) mass is 359 g/mol. The van der Waals surface area contributed by atoms with Crippen molar-refractivity contribution in [3.05, 3.63) is 26.3 Å². The predicted molar refractivity (Wildman–Crippen MR) is 81.6 cm³/mol. The van der Waals surface area contributed by atoms with Crippen LogP contribution >= 0.6 is 15.9 Å². The van der Waals surface area contributed by atoms with Gasteiger partial charge < -0.3 is 14.7 Å². The normalized spacial score (nSPS) is 17.5. The van der Waals surface area contributed by atoms with E-state index in [0.29, 0.717) is 48.5 Å². The minimum atomic E-state index is -0.816. The molecule has 1 aromatic heterocycles. The molecule has 0 amide bonds. The Morgan fingerprint density at radius 1 is 1.57 bits per heavy atom. The van der Waals surface area contributed by atoms with E-state index in [4.69, 9.17) is 4.74 Å². The van der Waals surface area contributed by atoms with Gasteiger partial charge in [-0.1, -0.05) is 0 Å². The van der Waals surface area contributed by atoms with Crippen LogP contribution in [0.2, 0.25) is 0 Å². The van der Waals surface area contributed by atoms with E-state index >= 15 is 0 Å². The van der Waals surface area contributed by atoms with Crippen LogP contribution in [0.5, 0.6) is 0 Å². The molecule has 1 fully saturated rings. The first kappa shape index (κ1) is 16.1. The van der Waals surface area contributed by atoms with Gasteiger partial charge in [-0.25, -0.2) is 4.98 Å². The number of aromatic nitrogens is 1. The van der Waals surface area contributed by atoms with Gasteiger partial charge in [0.05, 0.1) is 15.0 Å². The number of hydrogen-bond acceptors (Lipinski definition) is 6. The van der Waals surface area contributed by atoms with E-state index in [1.54, 1.807) is 6.92 Å². The maximum atomic E-state index is 10.9. The van der Waals surface area contributed by atoms with E-state index in [1.807, 2.05) is 11.9 Å². The number of rotatable bonds is 4. The Kier molecular flexibility index (Phi) is 4.80. The number of nitro groups is 1. The second-order valence-corrected chi connectivity index (χ2v) is 6.15. The summed E-state index contributed by atoms with van der Waals surface area (Å²) in [4.78, 5) is 16.4. The second-order valence-electron chi connectivity index (χ2n) is 5.36. The fraction of sp³-hybridized carbons (Fsp3) is 0.615. The van der Waals surface area contributed by atoms with Crippen LogP contribution in [0.3, 0.4) is 0 Å². The molecule has 1 saturated heterocycles. The van der Waals surface area contributed by atoms with E-state index in [0.717, 1.165) is 0 Å². The largest absolute Gasteiger partial charge is 0.388 e. The SMILES string of the molecule is Cc1c([N+](=O)[O-])cnc(N(C)CC2(O)CCOCC2)c1Br. The number of anilines is 1. The summed E-state index contributed by atoms with van der Waals surface area (Å²) in [7, 11) is 1.81. The lowest BCUT2D eigenvalue weighted by molar-refractivity contribution is -0.385. The van der Waals surface area contributed by atoms with Gasteiger partial charge in [0.15, 0.2) is 0 Å². The first-order valence-electron chi connectivity index (χ1n) is 6.65. The first-order valence-corrected chi connectivity index (χ1v) is 7.44. The number of pyridine rings is 1. The lowest BCUT2D eigenvalue weighted by Crippen LogP contribution is -2.46. The molecule has 21 heavy (non-hydrogen) atoms. The summed E-state index contributed by atoms with van der Waals surface area (Å²) < 4.78 is 5.84. The van der Waals surface area contributed by atoms with Crippen molar-refractivity contribution < 1.29 is 14.8 Å². The molecule has 116 valence electrons. The minimum absolute atomic E-state index is 0.0243. The van der Waals surface area contributed by atoms with Crippen molar-refractivity contribution in [1.29, 1.82) is 0 Å². The van der Waals surface area contributed by atoms with Crippen molar-refractivity contribution >= 4 is 27.4 Å². The van der Waals surface area contributed by atoms with Gasteiger partial charge in [0, 0.05) is 45.2 Å². The van der Waals surface area contributed by atoms with Gasteiger partial charge in [0.2, 0.25) is 0 Å². The number of ether oxygens (including phenoxy) is 1. The molecule has 7 nitrogen and oxygen atoms in total. The highest BCUT2D eigenvalue weighted by Crippen LogP contribution is 2.33. The molecule has 0 aromatic carbocycles. The Morgan fingerprint density at radius 3 is 2.76 bits per heavy atom. The Hall–Kier alpha value is -1.25. The van der Waals surface area contributed by atoms with Gasteiger partial charge in [-0.15, -0.1) is 0 Å². The molecular formula is C13H18BrN3O4. The number of hydrogen-bond donors (Lipinski definition) is 1. The second kappa shape index (κ2) is 6.25. The standard InChI is InChI=1S/C13H18BrN3O4/c1-9-10(17(19)20)7-15-12(11(9)14)16(2)8-13(18)3-5-21-6-4-13/h7,18H,3-6,8H2,1-2H3. The van der Waals surface area contributed by atoms with Crippen LogP contribution < -0.4 is 4.90 Å². The summed E-state index contributed by atoms with van der Waals surface area (Å²) in [6, 6.07) is 0. The average molecular weight is 360 g/mol. The van der Waals surface area contributed by atoms with Crippen LogP contribution in [0.1, 0.15) is 18.4 Å². The van der Waals surface area contributed by atoms with Crippen molar-refractivity contribution in [2.24, 2.45) is 0 Å². The van der Waals surface area contributed by atoms with Crippen molar-refractivity contribution in [3.63, 3.8) is 0 Å². The Labute approximate surface area is 131 Å². The molecular weight excluding hydrogens is 342 g/mol. The number of halogens is 1. The molecule has 0 spiro atoms. The van der Waals surface area contributed by atoms with Gasteiger partial charge in [-0.05, 0) is 22.9 Å². The van der Waals surface area contributed by atoms with Gasteiger partial charge >= 0.3 is 0 Å². The highest BCUT2D eigenvalue weighted by molar-refractivity contribution is 9.10. The third-order valence-electron chi connectivity index (χ3n) is 3.73. The van der Waals surface area contributed by atoms with E-state index in [2.05, 4.69) is 20.9 Å². The molecule has 0 radical (unpaired) electrons. The van der Waals surface area contributed by atoms with Gasteiger partial charge in [-0.2, -0.15) is 0 Å². The van der Waals surface area contributed by atoms with Crippen molar-refractivity contribution in [2.45, 2.75) is 25.4 Å². The van der Waals surface area contributed by atoms with Crippen LogP contribution in [-0.2, 0) is 4.74 Å². The third kappa shape index (κ3) is 3.50. The molecule has 0 saturated carbocycles. The summed E-state index contributed by atoms with van der Waals surface area (Å²) in [6.07, 6.45) is 2.39. The summed E-state index contributed by atoms with van der Waals surface area (Å²) in [5, 5.41) is 21.4. The lowest BCUT2D eigenvalue weighted by atomic mass is 9.94. The maximum Gasteiger partial charge on any atom is 0.291 e. The van der Waals surface area contributed by atoms with Crippen molar-refractivity contribution in [2.75, 3.05) is 31.7 Å². The minimum Gasteiger partial charge on any atom is -0.388 e. The maximum absolute atomic E-state index is 10.9. The molecule has 1 aromatic rings. The topological polar surface area (TPSA) is 88.7 Å². The van der Waals surface area contributed by atoms with E-state index in [9.17, 15) is 15.2 Å². The smallest absolute Gasteiger partial charge is 0.291 e. The van der Waals surface area contributed by atoms with Gasteiger partial charge in [0.25, 0.3) is 5.69 Å². The highest BCUT2D eigenvalue weighted by Gasteiger charge is 2.32. The average Bonchev–Trinajstić information content (AvgIpc) is 2.41. The zero-order valence-electron chi connectivity index (χ0n) is 12.0. The molecule has 0 bridgehead atoms. The summed E-state index contributed by atoms with van der Waals surface area (Å²) in [6.45, 7) is 3.15. The molecule has 8 heteroatoms. The van der Waals surface area contributed by atoms with Crippen molar-refractivity contribution in [3.8, 4) is 0 Å². The summed E-state index contributed by atoms with van der Waals surface area (Å²) >= 11 is 3.37. The van der Waals surface area contributed by atoms with E-state index in [-0.39, 0.29) is 5.69 Å². The number of likely N-dealkylation sites (N-methyl/N-ethyl adjacent to an activating group) is 1. The molecule has 1 aliphatic heterocycles. The summed E-state index contributed by atoms with van der Waals surface area (Å²) in [5.74, 6) is 0.581. The van der Waals surface area contributed by atoms with E-state index < -0.39 is 10.5 Å².